The Bertz CT molecular complexity index is 134. The Morgan fingerprint density at radius 1 is 1.55 bits per heavy atom. The molecule has 0 fully saturated rings. The number of alkyl halides is 1. The summed E-state index contributed by atoms with van der Waals surface area (Å²) in [6, 6.07) is 0. The molecule has 1 aliphatic rings. The predicted molar refractivity (Wildman–Crippen MR) is 51.1 cm³/mol. The quantitative estimate of drug-likeness (QED) is 0.523. The minimum absolute atomic E-state index is 0.378. The highest BCUT2D eigenvalue weighted by atomic mass is 79.9. The molecule has 11 heavy (non-hydrogen) atoms. The first-order valence-corrected chi connectivity index (χ1v) is 5.18. The van der Waals surface area contributed by atoms with Crippen LogP contribution in [0.15, 0.2) is 12.2 Å². The molecule has 0 saturated carbocycles. The number of halogens is 1. The van der Waals surface area contributed by atoms with Gasteiger partial charge in [0.2, 0.25) is 0 Å². The molecule has 0 saturated heterocycles. The fourth-order valence-electron chi connectivity index (χ4n) is 1.16. The zero-order chi connectivity index (χ0) is 8.10. The molecule has 1 nitrogen and oxygen atoms in total. The third kappa shape index (κ3) is 3.39. The largest absolute Gasteiger partial charge is 0.373 e. The monoisotopic (exact) mass is 218 g/mol. The highest BCUT2D eigenvalue weighted by molar-refractivity contribution is 9.09. The average molecular weight is 219 g/mol. The Morgan fingerprint density at radius 2 is 2.36 bits per heavy atom. The van der Waals surface area contributed by atoms with Crippen molar-refractivity contribution in [2.24, 2.45) is 0 Å². The Morgan fingerprint density at radius 3 is 2.91 bits per heavy atom. The van der Waals surface area contributed by atoms with Gasteiger partial charge in [-0.3, -0.25) is 0 Å². The van der Waals surface area contributed by atoms with Crippen LogP contribution in [0.1, 0.15) is 26.2 Å². The second-order valence-electron chi connectivity index (χ2n) is 2.91. The third-order valence-corrected chi connectivity index (χ3v) is 2.42. The van der Waals surface area contributed by atoms with Crippen molar-refractivity contribution in [1.29, 1.82) is 0 Å². The molecule has 64 valence electrons. The minimum Gasteiger partial charge on any atom is -0.373 e. The predicted octanol–water partition coefficient (Wildman–Crippen LogP) is 2.90. The number of rotatable bonds is 3. The summed E-state index contributed by atoms with van der Waals surface area (Å²) in [7, 11) is 0. The standard InChI is InChI=1S/C9H15BrO/c1-2-3-4-9-6-5-8(10)7-11-9/h5-6,8-9H,2-4,7H2,1H3. The molecule has 2 atom stereocenters. The van der Waals surface area contributed by atoms with Gasteiger partial charge in [0, 0.05) is 0 Å². The van der Waals surface area contributed by atoms with E-state index in [1.54, 1.807) is 0 Å². The van der Waals surface area contributed by atoms with E-state index in [0.29, 0.717) is 10.9 Å². The first-order valence-electron chi connectivity index (χ1n) is 4.27. The van der Waals surface area contributed by atoms with E-state index in [0.717, 1.165) is 6.61 Å². The maximum absolute atomic E-state index is 5.56. The van der Waals surface area contributed by atoms with Gasteiger partial charge >= 0.3 is 0 Å². The van der Waals surface area contributed by atoms with E-state index in [1.165, 1.54) is 19.3 Å². The first kappa shape index (κ1) is 9.27. The highest BCUT2D eigenvalue weighted by Gasteiger charge is 2.12. The lowest BCUT2D eigenvalue weighted by Crippen LogP contribution is -2.20. The normalized spacial score (nSPS) is 30.7. The number of ether oxygens (including phenoxy) is 1. The van der Waals surface area contributed by atoms with E-state index >= 15 is 0 Å². The maximum atomic E-state index is 5.56. The molecule has 0 spiro atoms. The van der Waals surface area contributed by atoms with Crippen molar-refractivity contribution in [3.63, 3.8) is 0 Å². The lowest BCUT2D eigenvalue weighted by Gasteiger charge is -2.20. The average Bonchev–Trinajstić information content (AvgIpc) is 2.04. The molecule has 0 N–H and O–H groups in total. The molecule has 0 radical (unpaired) electrons. The first-order chi connectivity index (χ1) is 5.33. The SMILES string of the molecule is CCCCC1C=CC(Br)CO1. The van der Waals surface area contributed by atoms with E-state index in [9.17, 15) is 0 Å². The van der Waals surface area contributed by atoms with Gasteiger partial charge in [-0.05, 0) is 6.42 Å². The van der Waals surface area contributed by atoms with Crippen LogP contribution in [0.2, 0.25) is 0 Å². The Kier molecular flexibility index (Phi) is 4.16. The van der Waals surface area contributed by atoms with Crippen molar-refractivity contribution in [2.75, 3.05) is 6.61 Å². The summed E-state index contributed by atoms with van der Waals surface area (Å²) in [6.45, 7) is 3.03. The van der Waals surface area contributed by atoms with Crippen LogP contribution in [0, 0.1) is 0 Å². The van der Waals surface area contributed by atoms with Crippen LogP contribution in [0.25, 0.3) is 0 Å². The van der Waals surface area contributed by atoms with E-state index < -0.39 is 0 Å². The summed E-state index contributed by atoms with van der Waals surface area (Å²) in [5.74, 6) is 0. The van der Waals surface area contributed by atoms with Crippen molar-refractivity contribution in [3.8, 4) is 0 Å². The molecule has 0 aromatic carbocycles. The summed E-state index contributed by atoms with van der Waals surface area (Å²) < 4.78 is 5.56. The van der Waals surface area contributed by atoms with Gasteiger partial charge in [-0.2, -0.15) is 0 Å². The zero-order valence-corrected chi connectivity index (χ0v) is 8.51. The Balaban J connectivity index is 2.21. The molecule has 1 heterocycles. The van der Waals surface area contributed by atoms with E-state index in [-0.39, 0.29) is 0 Å². The van der Waals surface area contributed by atoms with Gasteiger partial charge in [-0.15, -0.1) is 0 Å². The fourth-order valence-corrected chi connectivity index (χ4v) is 1.48. The number of unbranched alkanes of at least 4 members (excludes halogenated alkanes) is 1. The molecule has 1 rings (SSSR count). The van der Waals surface area contributed by atoms with Crippen LogP contribution in [-0.2, 0) is 4.74 Å². The van der Waals surface area contributed by atoms with Crippen LogP contribution in [0.4, 0.5) is 0 Å². The molecule has 2 heteroatoms. The highest BCUT2D eigenvalue weighted by Crippen LogP contribution is 2.15. The molecule has 2 unspecified atom stereocenters. The van der Waals surface area contributed by atoms with Crippen LogP contribution >= 0.6 is 15.9 Å². The van der Waals surface area contributed by atoms with Gasteiger partial charge in [-0.1, -0.05) is 47.8 Å². The Labute approximate surface area is 76.9 Å². The summed E-state index contributed by atoms with van der Waals surface area (Å²) in [6.07, 6.45) is 8.42. The topological polar surface area (TPSA) is 9.23 Å². The lowest BCUT2D eigenvalue weighted by atomic mass is 10.1. The summed E-state index contributed by atoms with van der Waals surface area (Å²) in [4.78, 5) is 0.431. The minimum atomic E-state index is 0.378. The molecular weight excluding hydrogens is 204 g/mol. The van der Waals surface area contributed by atoms with Gasteiger partial charge < -0.3 is 4.74 Å². The number of hydrogen-bond donors (Lipinski definition) is 0. The molecule has 0 amide bonds. The van der Waals surface area contributed by atoms with Crippen molar-refractivity contribution < 1.29 is 4.74 Å². The van der Waals surface area contributed by atoms with E-state index in [1.807, 2.05) is 0 Å². The summed E-state index contributed by atoms with van der Waals surface area (Å²) in [5, 5.41) is 0. The van der Waals surface area contributed by atoms with Crippen molar-refractivity contribution in [2.45, 2.75) is 37.1 Å². The van der Waals surface area contributed by atoms with Crippen molar-refractivity contribution in [1.82, 2.24) is 0 Å². The van der Waals surface area contributed by atoms with E-state index in [2.05, 4.69) is 35.0 Å². The lowest BCUT2D eigenvalue weighted by molar-refractivity contribution is 0.0762. The zero-order valence-electron chi connectivity index (χ0n) is 6.92. The van der Waals surface area contributed by atoms with Gasteiger partial charge in [0.1, 0.15) is 0 Å². The fraction of sp³-hybridized carbons (Fsp3) is 0.778. The second kappa shape index (κ2) is 4.94. The molecule has 0 bridgehead atoms. The molecule has 1 aliphatic heterocycles. The van der Waals surface area contributed by atoms with Crippen LogP contribution in [0.5, 0.6) is 0 Å². The maximum Gasteiger partial charge on any atom is 0.0756 e. The van der Waals surface area contributed by atoms with Crippen molar-refractivity contribution >= 4 is 15.9 Å². The van der Waals surface area contributed by atoms with Crippen LogP contribution < -0.4 is 0 Å². The molecular formula is C9H15BrO. The number of hydrogen-bond acceptors (Lipinski definition) is 1. The summed E-state index contributed by atoms with van der Waals surface area (Å²) in [5.41, 5.74) is 0. The summed E-state index contributed by atoms with van der Waals surface area (Å²) >= 11 is 3.47. The second-order valence-corrected chi connectivity index (χ2v) is 4.09. The molecule has 0 aromatic rings. The van der Waals surface area contributed by atoms with Crippen LogP contribution in [-0.4, -0.2) is 17.5 Å². The van der Waals surface area contributed by atoms with Gasteiger partial charge in [0.15, 0.2) is 0 Å². The van der Waals surface area contributed by atoms with Gasteiger partial charge in [-0.25, -0.2) is 0 Å². The van der Waals surface area contributed by atoms with Crippen LogP contribution in [0.3, 0.4) is 0 Å². The smallest absolute Gasteiger partial charge is 0.0756 e. The molecule has 0 aromatic heterocycles. The van der Waals surface area contributed by atoms with Gasteiger partial charge in [0.25, 0.3) is 0 Å². The van der Waals surface area contributed by atoms with E-state index in [4.69, 9.17) is 4.74 Å². The molecule has 0 aliphatic carbocycles. The van der Waals surface area contributed by atoms with Gasteiger partial charge in [0.05, 0.1) is 17.5 Å². The third-order valence-electron chi connectivity index (χ3n) is 1.85. The Hall–Kier alpha value is 0.180. The van der Waals surface area contributed by atoms with Crippen molar-refractivity contribution in [3.05, 3.63) is 12.2 Å².